The molecule has 114 valence electrons. The second kappa shape index (κ2) is 6.88. The van der Waals surface area contributed by atoms with Crippen molar-refractivity contribution >= 4 is 11.8 Å². The second-order valence-electron chi connectivity index (χ2n) is 6.11. The van der Waals surface area contributed by atoms with Gasteiger partial charge in [0, 0.05) is 11.8 Å². The van der Waals surface area contributed by atoms with E-state index in [4.69, 9.17) is 4.74 Å². The Kier molecular flexibility index (Phi) is 5.16. The fourth-order valence-corrected chi connectivity index (χ4v) is 3.36. The predicted molar refractivity (Wildman–Crippen MR) is 81.9 cm³/mol. The molecule has 2 unspecified atom stereocenters. The summed E-state index contributed by atoms with van der Waals surface area (Å²) in [5.41, 5.74) is 0.799. The molecule has 21 heavy (non-hydrogen) atoms. The molecule has 0 amide bonds. The maximum Gasteiger partial charge on any atom is 0.306 e. The van der Waals surface area contributed by atoms with E-state index in [0.29, 0.717) is 12.3 Å². The molecule has 0 bridgehead atoms. The van der Waals surface area contributed by atoms with Gasteiger partial charge in [-0.1, -0.05) is 37.3 Å². The molecule has 0 heterocycles. The Bertz CT molecular complexity index is 494. The molecule has 2 atom stereocenters. The van der Waals surface area contributed by atoms with E-state index in [9.17, 15) is 9.59 Å². The summed E-state index contributed by atoms with van der Waals surface area (Å²) in [6.45, 7) is 2.00. The maximum absolute atomic E-state index is 12.6. The first kappa shape index (κ1) is 15.7. The molecule has 1 fully saturated rings. The number of hydrogen-bond acceptors (Lipinski definition) is 3. The first-order chi connectivity index (χ1) is 10.1. The molecule has 1 aromatic carbocycles. The number of rotatable bonds is 5. The van der Waals surface area contributed by atoms with Crippen LogP contribution in [0.25, 0.3) is 0 Å². The Morgan fingerprint density at radius 1 is 1.33 bits per heavy atom. The van der Waals surface area contributed by atoms with Gasteiger partial charge in [-0.25, -0.2) is 0 Å². The highest BCUT2D eigenvalue weighted by Crippen LogP contribution is 2.42. The molecule has 1 aromatic rings. The van der Waals surface area contributed by atoms with Gasteiger partial charge >= 0.3 is 5.97 Å². The number of ether oxygens (including phenoxy) is 1. The normalized spacial score (nSPS) is 25.6. The van der Waals surface area contributed by atoms with Crippen molar-refractivity contribution in [2.24, 2.45) is 11.3 Å². The van der Waals surface area contributed by atoms with Crippen molar-refractivity contribution in [1.82, 2.24) is 0 Å². The number of methoxy groups -OCH3 is 1. The van der Waals surface area contributed by atoms with Gasteiger partial charge in [-0.3, -0.25) is 9.59 Å². The van der Waals surface area contributed by atoms with Crippen molar-refractivity contribution in [2.75, 3.05) is 7.11 Å². The number of Topliss-reactive ketones (excluding diaryl/α,β-unsaturated/α-hetero) is 1. The van der Waals surface area contributed by atoms with Gasteiger partial charge in [0.25, 0.3) is 0 Å². The summed E-state index contributed by atoms with van der Waals surface area (Å²) in [6.07, 6.45) is 4.29. The molecule has 0 radical (unpaired) electrons. The lowest BCUT2D eigenvalue weighted by molar-refractivity contribution is -0.149. The van der Waals surface area contributed by atoms with Crippen LogP contribution < -0.4 is 0 Å². The highest BCUT2D eigenvalue weighted by molar-refractivity contribution is 5.89. The molecule has 0 spiro atoms. The van der Waals surface area contributed by atoms with Crippen LogP contribution in [0.5, 0.6) is 0 Å². The van der Waals surface area contributed by atoms with Gasteiger partial charge in [0.1, 0.15) is 5.78 Å². The fourth-order valence-electron chi connectivity index (χ4n) is 3.36. The molecule has 0 aliphatic heterocycles. The molecule has 3 heteroatoms. The minimum atomic E-state index is -0.486. The van der Waals surface area contributed by atoms with Gasteiger partial charge in [-0.2, -0.15) is 0 Å². The third kappa shape index (κ3) is 3.72. The standard InChI is InChI=1S/C18H24O3/c1-3-18(13-17(20)21-2)10-9-15(12-16(18)19)11-14-7-5-4-6-8-14/h4-8,15H,3,9-13H2,1-2H3. The summed E-state index contributed by atoms with van der Waals surface area (Å²) >= 11 is 0. The van der Waals surface area contributed by atoms with Gasteiger partial charge in [0.15, 0.2) is 0 Å². The zero-order valence-corrected chi connectivity index (χ0v) is 12.9. The van der Waals surface area contributed by atoms with E-state index in [1.165, 1.54) is 12.7 Å². The summed E-state index contributed by atoms with van der Waals surface area (Å²) in [4.78, 5) is 24.2. The third-order valence-electron chi connectivity index (χ3n) is 4.85. The highest BCUT2D eigenvalue weighted by atomic mass is 16.5. The molecule has 1 aliphatic carbocycles. The van der Waals surface area contributed by atoms with E-state index in [-0.39, 0.29) is 18.2 Å². The fraction of sp³-hybridized carbons (Fsp3) is 0.556. The molecule has 0 saturated heterocycles. The molecular weight excluding hydrogens is 264 g/mol. The van der Waals surface area contributed by atoms with Crippen LogP contribution in [-0.2, 0) is 20.7 Å². The Balaban J connectivity index is 2.00. The predicted octanol–water partition coefficient (Wildman–Crippen LogP) is 3.56. The Morgan fingerprint density at radius 3 is 2.62 bits per heavy atom. The average molecular weight is 288 g/mol. The van der Waals surface area contributed by atoms with Crippen molar-refractivity contribution in [2.45, 2.75) is 45.4 Å². The van der Waals surface area contributed by atoms with Crippen molar-refractivity contribution in [3.05, 3.63) is 35.9 Å². The van der Waals surface area contributed by atoms with Crippen LogP contribution in [0.15, 0.2) is 30.3 Å². The summed E-state index contributed by atoms with van der Waals surface area (Å²) < 4.78 is 4.76. The van der Waals surface area contributed by atoms with Crippen LogP contribution in [0.2, 0.25) is 0 Å². The number of carbonyl (C=O) groups is 2. The summed E-state index contributed by atoms with van der Waals surface area (Å²) in [5.74, 6) is 0.367. The van der Waals surface area contributed by atoms with Crippen LogP contribution in [0.4, 0.5) is 0 Å². The Labute approximate surface area is 126 Å². The molecule has 0 N–H and O–H groups in total. The highest BCUT2D eigenvalue weighted by Gasteiger charge is 2.42. The number of esters is 1. The van der Waals surface area contributed by atoms with Gasteiger partial charge < -0.3 is 4.74 Å². The number of ketones is 1. The van der Waals surface area contributed by atoms with E-state index >= 15 is 0 Å². The van der Waals surface area contributed by atoms with Crippen LogP contribution in [0.3, 0.4) is 0 Å². The van der Waals surface area contributed by atoms with Crippen LogP contribution in [-0.4, -0.2) is 18.9 Å². The lowest BCUT2D eigenvalue weighted by Gasteiger charge is -2.37. The SMILES string of the molecule is CCC1(CC(=O)OC)CCC(Cc2ccccc2)CC1=O. The molecule has 2 rings (SSSR count). The molecule has 3 nitrogen and oxygen atoms in total. The Morgan fingerprint density at radius 2 is 2.05 bits per heavy atom. The first-order valence-electron chi connectivity index (χ1n) is 7.73. The Hall–Kier alpha value is -1.64. The van der Waals surface area contributed by atoms with E-state index in [1.807, 2.05) is 25.1 Å². The van der Waals surface area contributed by atoms with Crippen molar-refractivity contribution in [1.29, 1.82) is 0 Å². The summed E-state index contributed by atoms with van der Waals surface area (Å²) in [5, 5.41) is 0. The monoisotopic (exact) mass is 288 g/mol. The van der Waals surface area contributed by atoms with Gasteiger partial charge in [-0.15, -0.1) is 0 Å². The van der Waals surface area contributed by atoms with Crippen LogP contribution >= 0.6 is 0 Å². The molecule has 1 saturated carbocycles. The quantitative estimate of drug-likeness (QED) is 0.778. The molecule has 1 aliphatic rings. The first-order valence-corrected chi connectivity index (χ1v) is 7.73. The summed E-state index contributed by atoms with van der Waals surface area (Å²) in [6, 6.07) is 10.3. The van der Waals surface area contributed by atoms with Gasteiger partial charge in [-0.05, 0) is 37.2 Å². The van der Waals surface area contributed by atoms with Crippen molar-refractivity contribution < 1.29 is 14.3 Å². The van der Waals surface area contributed by atoms with Crippen molar-refractivity contribution in [3.8, 4) is 0 Å². The third-order valence-corrected chi connectivity index (χ3v) is 4.85. The zero-order valence-electron chi connectivity index (χ0n) is 12.9. The maximum atomic E-state index is 12.6. The van der Waals surface area contributed by atoms with Gasteiger partial charge in [0.2, 0.25) is 0 Å². The van der Waals surface area contributed by atoms with Crippen LogP contribution in [0.1, 0.15) is 44.6 Å². The minimum absolute atomic E-state index is 0.233. The lowest BCUT2D eigenvalue weighted by atomic mass is 9.65. The molecule has 0 aromatic heterocycles. The topological polar surface area (TPSA) is 43.4 Å². The minimum Gasteiger partial charge on any atom is -0.469 e. The zero-order chi connectivity index (χ0) is 15.3. The van der Waals surface area contributed by atoms with E-state index < -0.39 is 5.41 Å². The van der Waals surface area contributed by atoms with Crippen LogP contribution in [0, 0.1) is 11.3 Å². The van der Waals surface area contributed by atoms with E-state index in [2.05, 4.69) is 12.1 Å². The van der Waals surface area contributed by atoms with Crippen molar-refractivity contribution in [3.63, 3.8) is 0 Å². The smallest absolute Gasteiger partial charge is 0.306 e. The number of carbonyl (C=O) groups excluding carboxylic acids is 2. The number of benzene rings is 1. The average Bonchev–Trinajstić information content (AvgIpc) is 2.51. The lowest BCUT2D eigenvalue weighted by Crippen LogP contribution is -2.39. The molecular formula is C18H24O3. The van der Waals surface area contributed by atoms with E-state index in [1.54, 1.807) is 0 Å². The largest absolute Gasteiger partial charge is 0.469 e. The van der Waals surface area contributed by atoms with E-state index in [0.717, 1.165) is 25.7 Å². The van der Waals surface area contributed by atoms with Gasteiger partial charge in [0.05, 0.1) is 13.5 Å². The number of hydrogen-bond donors (Lipinski definition) is 0. The second-order valence-corrected chi connectivity index (χ2v) is 6.11. The summed E-state index contributed by atoms with van der Waals surface area (Å²) in [7, 11) is 1.39.